The number of nitrogens with one attached hydrogen (secondary N) is 1. The molecule has 1 unspecified atom stereocenters. The molecule has 1 aromatic carbocycles. The molecule has 0 radical (unpaired) electrons. The van der Waals surface area contributed by atoms with Gasteiger partial charge in [-0.3, -0.25) is 4.99 Å². The molecule has 1 atom stereocenters. The van der Waals surface area contributed by atoms with Gasteiger partial charge in [0.05, 0.1) is 5.71 Å². The Bertz CT molecular complexity index is 309. The lowest BCUT2D eigenvalue weighted by Crippen LogP contribution is -2.37. The summed E-state index contributed by atoms with van der Waals surface area (Å²) in [5, 5.41) is 3.46. The van der Waals surface area contributed by atoms with Crippen LogP contribution in [0.3, 0.4) is 0 Å². The topological polar surface area (TPSA) is 24.4 Å². The van der Waals surface area contributed by atoms with Crippen molar-refractivity contribution in [2.75, 3.05) is 13.1 Å². The van der Waals surface area contributed by atoms with Gasteiger partial charge >= 0.3 is 0 Å². The second-order valence-electron chi connectivity index (χ2n) is 3.50. The Labute approximate surface area is 95.2 Å². The van der Waals surface area contributed by atoms with Crippen molar-refractivity contribution in [2.45, 2.75) is 19.5 Å². The van der Waals surface area contributed by atoms with Crippen LogP contribution in [-0.4, -0.2) is 34.7 Å². The largest absolute Gasteiger partial charge is 0.312 e. The highest BCUT2D eigenvalue weighted by Gasteiger charge is 2.10. The predicted molar refractivity (Wildman–Crippen MR) is 70.9 cm³/mol. The number of aliphatic imine (C=N–C) groups is 1. The van der Waals surface area contributed by atoms with Crippen LogP contribution in [0, 0.1) is 0 Å². The van der Waals surface area contributed by atoms with Crippen LogP contribution >= 0.6 is 0 Å². The van der Waals surface area contributed by atoms with Gasteiger partial charge in [0.15, 0.2) is 0 Å². The molecule has 0 bridgehead atoms. The molecule has 15 heavy (non-hydrogen) atoms. The molecular weight excluding hydrogens is 200 g/mol. The van der Waals surface area contributed by atoms with Crippen molar-refractivity contribution in [3.05, 3.63) is 35.9 Å². The van der Waals surface area contributed by atoms with Gasteiger partial charge in [-0.05, 0) is 19.0 Å². The first-order valence-corrected chi connectivity index (χ1v) is 6.78. The lowest BCUT2D eigenvalue weighted by Gasteiger charge is -2.15. The number of hydrogen-bond acceptors (Lipinski definition) is 2. The van der Waals surface area contributed by atoms with Gasteiger partial charge in [-0.2, -0.15) is 0 Å². The predicted octanol–water partition coefficient (Wildman–Crippen LogP) is 0.797. The van der Waals surface area contributed by atoms with Gasteiger partial charge < -0.3 is 5.32 Å². The fraction of sp³-hybridized carbons (Fsp3) is 0.417. The lowest BCUT2D eigenvalue weighted by atomic mass is 10.1. The summed E-state index contributed by atoms with van der Waals surface area (Å²) in [4.78, 5) is 4.60. The third kappa shape index (κ3) is 3.61. The van der Waals surface area contributed by atoms with Crippen molar-refractivity contribution in [1.29, 1.82) is 0 Å². The highest BCUT2D eigenvalue weighted by atomic mass is 28.1. The molecule has 3 heteroatoms. The molecule has 0 saturated heterocycles. The van der Waals surface area contributed by atoms with Crippen molar-refractivity contribution in [2.24, 2.45) is 4.99 Å². The minimum absolute atomic E-state index is 0.456. The summed E-state index contributed by atoms with van der Waals surface area (Å²) in [6, 6.07) is 10.5. The van der Waals surface area contributed by atoms with E-state index < -0.39 is 0 Å². The summed E-state index contributed by atoms with van der Waals surface area (Å²) in [5.41, 5.74) is 2.92. The van der Waals surface area contributed by atoms with Crippen LogP contribution in [0.2, 0.25) is 0 Å². The molecule has 0 saturated carbocycles. The summed E-state index contributed by atoms with van der Waals surface area (Å²) in [6.45, 7) is 6.08. The fourth-order valence-electron chi connectivity index (χ4n) is 1.66. The summed E-state index contributed by atoms with van der Waals surface area (Å²) >= 11 is 0. The molecule has 1 aromatic rings. The van der Waals surface area contributed by atoms with E-state index in [9.17, 15) is 0 Å². The van der Waals surface area contributed by atoms with Crippen molar-refractivity contribution in [3.8, 4) is 0 Å². The van der Waals surface area contributed by atoms with Gasteiger partial charge in [0.2, 0.25) is 0 Å². The highest BCUT2D eigenvalue weighted by molar-refractivity contribution is 6.29. The second kappa shape index (κ2) is 6.53. The van der Waals surface area contributed by atoms with Gasteiger partial charge in [-0.25, -0.2) is 0 Å². The quantitative estimate of drug-likeness (QED) is 0.576. The third-order valence-electron chi connectivity index (χ3n) is 2.32. The average Bonchev–Trinajstić information content (AvgIpc) is 2.27. The summed E-state index contributed by atoms with van der Waals surface area (Å²) in [7, 11) is 1.09. The standard InChI is InChI=1S/C12H20N2Si/c1-3-13-11(12(15)14-4-2)10-8-6-5-7-9-10/h5-9,12,14H,3-4H2,1-2,15H3. The van der Waals surface area contributed by atoms with E-state index in [-0.39, 0.29) is 0 Å². The molecule has 0 aliphatic rings. The molecule has 0 aliphatic heterocycles. The zero-order valence-electron chi connectivity index (χ0n) is 9.83. The Morgan fingerprint density at radius 2 is 2.00 bits per heavy atom. The normalized spacial score (nSPS) is 14.1. The lowest BCUT2D eigenvalue weighted by molar-refractivity contribution is 0.772. The molecule has 1 N–H and O–H groups in total. The van der Waals surface area contributed by atoms with Gasteiger partial charge in [-0.15, -0.1) is 0 Å². The number of rotatable bonds is 5. The van der Waals surface area contributed by atoms with Crippen molar-refractivity contribution < 1.29 is 0 Å². The van der Waals surface area contributed by atoms with E-state index in [0.29, 0.717) is 5.67 Å². The van der Waals surface area contributed by atoms with E-state index in [1.165, 1.54) is 11.3 Å². The van der Waals surface area contributed by atoms with Crippen molar-refractivity contribution >= 4 is 16.0 Å². The molecule has 1 rings (SSSR count). The van der Waals surface area contributed by atoms with Gasteiger partial charge in [0.25, 0.3) is 0 Å². The van der Waals surface area contributed by atoms with Crippen molar-refractivity contribution in [3.63, 3.8) is 0 Å². The van der Waals surface area contributed by atoms with Crippen LogP contribution in [-0.2, 0) is 0 Å². The summed E-state index contributed by atoms with van der Waals surface area (Å²) in [6.07, 6.45) is 0. The maximum atomic E-state index is 4.60. The Morgan fingerprint density at radius 1 is 1.33 bits per heavy atom. The van der Waals surface area contributed by atoms with Gasteiger partial charge in [-0.1, -0.05) is 37.3 Å². The van der Waals surface area contributed by atoms with Crippen LogP contribution in [0.1, 0.15) is 19.4 Å². The minimum Gasteiger partial charge on any atom is -0.312 e. The molecule has 0 fully saturated rings. The minimum atomic E-state index is 0.456. The molecule has 0 heterocycles. The molecule has 2 nitrogen and oxygen atoms in total. The molecule has 0 aromatic heterocycles. The third-order valence-corrected chi connectivity index (χ3v) is 3.27. The number of nitrogens with zero attached hydrogens (tertiary/aromatic N) is 1. The zero-order chi connectivity index (χ0) is 11.1. The van der Waals surface area contributed by atoms with Crippen molar-refractivity contribution in [1.82, 2.24) is 5.32 Å². The van der Waals surface area contributed by atoms with E-state index in [1.54, 1.807) is 0 Å². The first kappa shape index (κ1) is 12.1. The second-order valence-corrected chi connectivity index (χ2v) is 4.66. The SMILES string of the molecule is CCN=C(c1ccccc1)C([SiH3])NCC. The molecular formula is C12H20N2Si. The Morgan fingerprint density at radius 3 is 2.53 bits per heavy atom. The van der Waals surface area contributed by atoms with Crippen LogP contribution in [0.25, 0.3) is 0 Å². The first-order valence-electron chi connectivity index (χ1n) is 5.62. The smallest absolute Gasteiger partial charge is 0.0548 e. The van der Waals surface area contributed by atoms with E-state index in [4.69, 9.17) is 0 Å². The average molecular weight is 220 g/mol. The van der Waals surface area contributed by atoms with Crippen LogP contribution in [0.5, 0.6) is 0 Å². The van der Waals surface area contributed by atoms with Crippen LogP contribution < -0.4 is 5.32 Å². The maximum absolute atomic E-state index is 4.60. The van der Waals surface area contributed by atoms with E-state index >= 15 is 0 Å². The van der Waals surface area contributed by atoms with E-state index in [0.717, 1.165) is 23.3 Å². The van der Waals surface area contributed by atoms with E-state index in [2.05, 4.69) is 48.4 Å². The van der Waals surface area contributed by atoms with E-state index in [1.807, 2.05) is 6.07 Å². The fourth-order valence-corrected chi connectivity index (χ4v) is 2.58. The highest BCUT2D eigenvalue weighted by Crippen LogP contribution is 2.03. The monoisotopic (exact) mass is 220 g/mol. The Hall–Kier alpha value is -0.933. The molecule has 0 aliphatic carbocycles. The molecule has 0 amide bonds. The first-order chi connectivity index (χ1) is 7.29. The number of benzene rings is 1. The summed E-state index contributed by atoms with van der Waals surface area (Å²) in [5.74, 6) is 0. The summed E-state index contributed by atoms with van der Waals surface area (Å²) < 4.78 is 0. The van der Waals surface area contributed by atoms with Gasteiger partial charge in [0, 0.05) is 22.5 Å². The molecule has 0 spiro atoms. The Kier molecular flexibility index (Phi) is 5.29. The van der Waals surface area contributed by atoms with Crippen LogP contribution in [0.15, 0.2) is 35.3 Å². The van der Waals surface area contributed by atoms with Crippen LogP contribution in [0.4, 0.5) is 0 Å². The van der Waals surface area contributed by atoms with Gasteiger partial charge in [0.1, 0.15) is 0 Å². The number of hydrogen-bond donors (Lipinski definition) is 1. The molecule has 82 valence electrons. The Balaban J connectivity index is 2.89. The zero-order valence-corrected chi connectivity index (χ0v) is 11.8. The number of likely N-dealkylation sites (N-methyl/N-ethyl adjacent to an activating group) is 1. The maximum Gasteiger partial charge on any atom is 0.0548 e.